The third-order valence-electron chi connectivity index (χ3n) is 4.66. The first kappa shape index (κ1) is 21.4. The molecule has 0 radical (unpaired) electrons. The van der Waals surface area contributed by atoms with Gasteiger partial charge in [0.15, 0.2) is 6.61 Å². The van der Waals surface area contributed by atoms with E-state index < -0.39 is 0 Å². The van der Waals surface area contributed by atoms with Crippen LogP contribution in [0.2, 0.25) is 5.02 Å². The number of aryl methyl sites for hydroxylation is 1. The lowest BCUT2D eigenvalue weighted by Gasteiger charge is -2.10. The summed E-state index contributed by atoms with van der Waals surface area (Å²) in [5.74, 6) is 0.724. The Morgan fingerprint density at radius 1 is 1.06 bits per heavy atom. The monoisotopic (exact) mass is 449 g/mol. The van der Waals surface area contributed by atoms with Gasteiger partial charge in [-0.2, -0.15) is 0 Å². The summed E-state index contributed by atoms with van der Waals surface area (Å²) >= 11 is 6.01. The van der Waals surface area contributed by atoms with Gasteiger partial charge >= 0.3 is 0 Å². The number of para-hydroxylation sites is 1. The van der Waals surface area contributed by atoms with Gasteiger partial charge in [-0.15, -0.1) is 0 Å². The molecule has 4 rings (SSSR count). The molecule has 0 aliphatic rings. The summed E-state index contributed by atoms with van der Waals surface area (Å²) in [7, 11) is 0. The molecular formula is C24H20ClN3O4. The van der Waals surface area contributed by atoms with E-state index in [0.717, 1.165) is 5.56 Å². The average molecular weight is 450 g/mol. The highest BCUT2D eigenvalue weighted by Gasteiger charge is 2.08. The molecule has 162 valence electrons. The Morgan fingerprint density at radius 2 is 1.84 bits per heavy atom. The predicted octanol–water partition coefficient (Wildman–Crippen LogP) is 4.25. The molecular weight excluding hydrogens is 430 g/mol. The van der Waals surface area contributed by atoms with Crippen molar-refractivity contribution in [3.8, 4) is 11.5 Å². The second-order valence-electron chi connectivity index (χ2n) is 7.05. The molecule has 0 bridgehead atoms. The number of carbonyl (C=O) groups is 1. The van der Waals surface area contributed by atoms with Crippen LogP contribution in [0.3, 0.4) is 0 Å². The van der Waals surface area contributed by atoms with E-state index in [1.807, 2.05) is 19.1 Å². The van der Waals surface area contributed by atoms with Crippen molar-refractivity contribution in [1.82, 2.24) is 9.38 Å². The summed E-state index contributed by atoms with van der Waals surface area (Å²) in [6.07, 6.45) is 1.69. The molecule has 0 fully saturated rings. The number of hydrogen-bond acceptors (Lipinski definition) is 5. The van der Waals surface area contributed by atoms with Crippen LogP contribution in [0, 0.1) is 6.92 Å². The topological polar surface area (TPSA) is 81.9 Å². The number of benzene rings is 2. The number of aromatic nitrogens is 2. The molecule has 0 atom stereocenters. The molecule has 2 aromatic heterocycles. The van der Waals surface area contributed by atoms with E-state index in [-0.39, 0.29) is 24.7 Å². The van der Waals surface area contributed by atoms with E-state index in [2.05, 4.69) is 10.3 Å². The molecule has 2 aromatic carbocycles. The Hall–Kier alpha value is -3.84. The fraction of sp³-hybridized carbons (Fsp3) is 0.125. The van der Waals surface area contributed by atoms with Crippen molar-refractivity contribution in [1.29, 1.82) is 0 Å². The van der Waals surface area contributed by atoms with E-state index in [9.17, 15) is 9.59 Å². The number of nitrogens with zero attached hydrogens (tertiary/aromatic N) is 2. The lowest BCUT2D eigenvalue weighted by Crippen LogP contribution is -2.20. The largest absolute Gasteiger partial charge is 0.487 e. The number of carbonyl (C=O) groups excluding carboxylic acids is 1. The minimum absolute atomic E-state index is 0.150. The highest BCUT2D eigenvalue weighted by Crippen LogP contribution is 2.23. The first-order valence-corrected chi connectivity index (χ1v) is 10.3. The van der Waals surface area contributed by atoms with Crippen LogP contribution in [0.15, 0.2) is 77.7 Å². The second-order valence-corrected chi connectivity index (χ2v) is 7.46. The van der Waals surface area contributed by atoms with Gasteiger partial charge < -0.3 is 14.8 Å². The maximum atomic E-state index is 12.3. The van der Waals surface area contributed by atoms with Crippen LogP contribution in [-0.4, -0.2) is 21.9 Å². The minimum Gasteiger partial charge on any atom is -0.487 e. The number of rotatable bonds is 7. The van der Waals surface area contributed by atoms with Crippen molar-refractivity contribution >= 4 is 28.8 Å². The van der Waals surface area contributed by atoms with Gasteiger partial charge in [-0.05, 0) is 55.0 Å². The van der Waals surface area contributed by atoms with Gasteiger partial charge in [-0.25, -0.2) is 4.98 Å². The molecule has 0 saturated heterocycles. The molecule has 0 aliphatic heterocycles. The van der Waals surface area contributed by atoms with Crippen molar-refractivity contribution < 1.29 is 14.3 Å². The van der Waals surface area contributed by atoms with Gasteiger partial charge in [-0.1, -0.05) is 29.8 Å². The third kappa shape index (κ3) is 5.07. The molecule has 32 heavy (non-hydrogen) atoms. The normalized spacial score (nSPS) is 10.7. The first-order chi connectivity index (χ1) is 15.5. The van der Waals surface area contributed by atoms with Crippen molar-refractivity contribution in [3.63, 3.8) is 0 Å². The summed E-state index contributed by atoms with van der Waals surface area (Å²) < 4.78 is 12.7. The Labute approximate surface area is 189 Å². The number of halogens is 1. The second kappa shape index (κ2) is 9.53. The van der Waals surface area contributed by atoms with E-state index in [4.69, 9.17) is 21.1 Å². The van der Waals surface area contributed by atoms with Crippen LogP contribution >= 0.6 is 11.6 Å². The van der Waals surface area contributed by atoms with Gasteiger partial charge in [0.1, 0.15) is 23.8 Å². The van der Waals surface area contributed by atoms with Crippen molar-refractivity contribution in [2.75, 3.05) is 11.9 Å². The molecule has 0 spiro atoms. The molecule has 1 amide bonds. The lowest BCUT2D eigenvalue weighted by molar-refractivity contribution is -0.118. The summed E-state index contributed by atoms with van der Waals surface area (Å²) in [4.78, 5) is 28.9. The number of hydrogen-bond donors (Lipinski definition) is 1. The Morgan fingerprint density at radius 3 is 2.62 bits per heavy atom. The minimum atomic E-state index is -0.310. The molecule has 4 aromatic rings. The standard InChI is InChI=1S/C24H20ClN3O4/c1-16-5-4-12-28-23(30)13-18(27-24(16)28)14-31-19-10-8-17(9-11-19)26-22(29)15-32-21-7-3-2-6-20(21)25/h2-13H,14-15H2,1H3,(H,26,29). The van der Waals surface area contributed by atoms with Crippen LogP contribution in [0.25, 0.3) is 5.65 Å². The van der Waals surface area contributed by atoms with Crippen LogP contribution in [0.1, 0.15) is 11.3 Å². The van der Waals surface area contributed by atoms with Crippen molar-refractivity contribution in [3.05, 3.63) is 99.6 Å². The molecule has 0 saturated carbocycles. The van der Waals surface area contributed by atoms with E-state index >= 15 is 0 Å². The first-order valence-electron chi connectivity index (χ1n) is 9.87. The van der Waals surface area contributed by atoms with E-state index in [0.29, 0.717) is 33.6 Å². The Kier molecular flexibility index (Phi) is 6.37. The molecule has 8 heteroatoms. The maximum absolute atomic E-state index is 12.3. The van der Waals surface area contributed by atoms with Crippen molar-refractivity contribution in [2.45, 2.75) is 13.5 Å². The number of amides is 1. The smallest absolute Gasteiger partial charge is 0.262 e. The van der Waals surface area contributed by atoms with Crippen LogP contribution in [0.5, 0.6) is 11.5 Å². The van der Waals surface area contributed by atoms with Crippen LogP contribution in [-0.2, 0) is 11.4 Å². The average Bonchev–Trinajstić information content (AvgIpc) is 2.79. The number of fused-ring (bicyclic) bond motifs is 1. The van der Waals surface area contributed by atoms with Crippen molar-refractivity contribution in [2.24, 2.45) is 0 Å². The van der Waals surface area contributed by atoms with Gasteiger partial charge in [0.2, 0.25) is 0 Å². The quantitative estimate of drug-likeness (QED) is 0.456. The number of pyridine rings is 1. The third-order valence-corrected chi connectivity index (χ3v) is 4.97. The molecule has 0 aliphatic carbocycles. The van der Waals surface area contributed by atoms with Crippen LogP contribution < -0.4 is 20.3 Å². The highest BCUT2D eigenvalue weighted by atomic mass is 35.5. The fourth-order valence-electron chi connectivity index (χ4n) is 3.08. The molecule has 2 heterocycles. The molecule has 0 unspecified atom stereocenters. The van der Waals surface area contributed by atoms with Gasteiger partial charge in [0.25, 0.3) is 11.5 Å². The predicted molar refractivity (Wildman–Crippen MR) is 123 cm³/mol. The fourth-order valence-corrected chi connectivity index (χ4v) is 3.27. The number of ether oxygens (including phenoxy) is 2. The summed E-state index contributed by atoms with van der Waals surface area (Å²) in [6, 6.07) is 19.0. The highest BCUT2D eigenvalue weighted by molar-refractivity contribution is 6.32. The Bertz CT molecular complexity index is 1320. The van der Waals surface area contributed by atoms with Gasteiger partial charge in [0.05, 0.1) is 10.7 Å². The molecule has 7 nitrogen and oxygen atoms in total. The zero-order chi connectivity index (χ0) is 22.5. The summed E-state index contributed by atoms with van der Waals surface area (Å²) in [5, 5.41) is 3.19. The summed E-state index contributed by atoms with van der Waals surface area (Å²) in [6.45, 7) is 1.89. The van der Waals surface area contributed by atoms with Gasteiger partial charge in [0, 0.05) is 18.0 Å². The van der Waals surface area contributed by atoms with Crippen LogP contribution in [0.4, 0.5) is 5.69 Å². The van der Waals surface area contributed by atoms with Gasteiger partial charge in [-0.3, -0.25) is 14.0 Å². The maximum Gasteiger partial charge on any atom is 0.262 e. The number of nitrogens with one attached hydrogen (secondary N) is 1. The van der Waals surface area contributed by atoms with E-state index in [1.165, 1.54) is 10.5 Å². The summed E-state index contributed by atoms with van der Waals surface area (Å²) in [5.41, 5.74) is 2.50. The lowest BCUT2D eigenvalue weighted by atomic mass is 10.3. The molecule has 1 N–H and O–H groups in total. The Balaban J connectivity index is 1.33. The SMILES string of the molecule is Cc1cccn2c(=O)cc(COc3ccc(NC(=O)COc4ccccc4Cl)cc3)nc12. The zero-order valence-corrected chi connectivity index (χ0v) is 18.0. The number of anilines is 1. The van der Waals surface area contributed by atoms with E-state index in [1.54, 1.807) is 54.7 Å². The zero-order valence-electron chi connectivity index (χ0n) is 17.2.